The van der Waals surface area contributed by atoms with Crippen LogP contribution < -0.4 is 5.73 Å². The molecule has 5 amide bonds. The maximum atomic E-state index is 12.3. The number of rotatable bonds is 15. The van der Waals surface area contributed by atoms with Crippen LogP contribution in [0.5, 0.6) is 0 Å². The Hall–Kier alpha value is -5.94. The van der Waals surface area contributed by atoms with E-state index in [2.05, 4.69) is 26.7 Å². The Morgan fingerprint density at radius 2 is 0.928 bits per heavy atom. The zero-order valence-corrected chi connectivity index (χ0v) is 42.8. The first-order valence-electron chi connectivity index (χ1n) is 24.1. The van der Waals surface area contributed by atoms with Crippen LogP contribution in [-0.4, -0.2) is 148 Å². The lowest BCUT2D eigenvalue weighted by Gasteiger charge is -2.26. The van der Waals surface area contributed by atoms with Crippen molar-refractivity contribution in [2.24, 2.45) is 27.4 Å². The van der Waals surface area contributed by atoms with E-state index in [0.717, 1.165) is 25.7 Å². The topological polar surface area (TPSA) is 308 Å². The predicted molar refractivity (Wildman–Crippen MR) is 251 cm³/mol. The Morgan fingerprint density at radius 3 is 1.30 bits per heavy atom. The lowest BCUT2D eigenvalue weighted by molar-refractivity contribution is -0.154. The second-order valence-corrected chi connectivity index (χ2v) is 20.5. The molecule has 5 heterocycles. The van der Waals surface area contributed by atoms with Crippen molar-refractivity contribution in [2.75, 3.05) is 26.2 Å². The smallest absolute Gasteiger partial charge is 0.326 e. The maximum Gasteiger partial charge on any atom is 0.326 e. The minimum atomic E-state index is -1.03. The molecule has 0 spiro atoms. The van der Waals surface area contributed by atoms with Gasteiger partial charge in [0.05, 0.1) is 12.1 Å². The SMILES string of the molecule is CCC(C)(C)C(=O)C(=O)N1CCCC1C#N.CCC(C)(C)C(=O)C(=O)N1CCCC1C(=O)O.CCC(C)(C)C(=O)C(=O)N1CCCC1C(N)=O.CCC(C)(C)C(=O)C(=O)N1CCCC1c1nn[nH]n1. The van der Waals surface area contributed by atoms with Crippen molar-refractivity contribution in [2.45, 2.75) is 184 Å². The Balaban J connectivity index is 0.000000316. The van der Waals surface area contributed by atoms with Gasteiger partial charge in [0.25, 0.3) is 23.6 Å². The van der Waals surface area contributed by atoms with E-state index in [9.17, 15) is 47.9 Å². The number of nitriles is 1. The number of H-pyrrole nitrogens is 1. The van der Waals surface area contributed by atoms with Crippen LogP contribution in [-0.2, 0) is 47.9 Å². The van der Waals surface area contributed by atoms with Gasteiger partial charge in [0.15, 0.2) is 5.82 Å². The first-order chi connectivity index (χ1) is 32.0. The highest BCUT2D eigenvalue weighted by Crippen LogP contribution is 2.32. The fourth-order valence-electron chi connectivity index (χ4n) is 7.63. The van der Waals surface area contributed by atoms with Gasteiger partial charge in [-0.3, -0.25) is 43.2 Å². The lowest BCUT2D eigenvalue weighted by atomic mass is 9.84. The number of likely N-dealkylation sites (tertiary alicyclic amines) is 4. The molecule has 5 rings (SSSR count). The molecule has 21 nitrogen and oxygen atoms in total. The van der Waals surface area contributed by atoms with Crippen LogP contribution in [0.25, 0.3) is 0 Å². The number of tetrazole rings is 1. The number of aromatic amines is 1. The van der Waals surface area contributed by atoms with Crippen LogP contribution >= 0.6 is 0 Å². The number of carbonyl (C=O) groups is 10. The van der Waals surface area contributed by atoms with E-state index in [4.69, 9.17) is 16.1 Å². The van der Waals surface area contributed by atoms with Crippen molar-refractivity contribution < 1.29 is 53.1 Å². The summed E-state index contributed by atoms with van der Waals surface area (Å²) in [5.41, 5.74) is 2.58. The van der Waals surface area contributed by atoms with E-state index in [1.165, 1.54) is 14.7 Å². The minimum Gasteiger partial charge on any atom is -0.480 e. The zero-order chi connectivity index (χ0) is 52.8. The van der Waals surface area contributed by atoms with E-state index >= 15 is 0 Å². The molecule has 0 bridgehead atoms. The highest BCUT2D eigenvalue weighted by atomic mass is 16.4. The summed E-state index contributed by atoms with van der Waals surface area (Å²) in [6, 6.07) is -0.0203. The van der Waals surface area contributed by atoms with Crippen molar-refractivity contribution in [1.29, 1.82) is 5.26 Å². The molecule has 4 unspecified atom stereocenters. The van der Waals surface area contributed by atoms with Crippen molar-refractivity contribution in [3.63, 3.8) is 0 Å². The molecular formula is C48H76N10O11. The van der Waals surface area contributed by atoms with E-state index in [1.807, 2.05) is 27.7 Å². The summed E-state index contributed by atoms with van der Waals surface area (Å²) in [4.78, 5) is 124. The molecule has 4 atom stereocenters. The van der Waals surface area contributed by atoms with Gasteiger partial charge in [0.1, 0.15) is 18.1 Å². The number of carbonyl (C=O) groups excluding carboxylic acids is 9. The largest absolute Gasteiger partial charge is 0.480 e. The number of amides is 5. The average Bonchev–Trinajstić information content (AvgIpc) is 4.19. The summed E-state index contributed by atoms with van der Waals surface area (Å²) in [5, 5.41) is 31.6. The number of nitrogens with two attached hydrogens (primary N) is 1. The van der Waals surface area contributed by atoms with Crippen LogP contribution in [0, 0.1) is 33.0 Å². The first-order valence-corrected chi connectivity index (χ1v) is 24.1. The molecule has 4 saturated heterocycles. The molecule has 0 aromatic carbocycles. The van der Waals surface area contributed by atoms with Crippen molar-refractivity contribution in [3.05, 3.63) is 5.82 Å². The number of hydrogen-bond donors (Lipinski definition) is 3. The van der Waals surface area contributed by atoms with Crippen molar-refractivity contribution >= 4 is 58.6 Å². The highest BCUT2D eigenvalue weighted by Gasteiger charge is 2.44. The molecule has 4 fully saturated rings. The molecule has 4 aliphatic rings. The quantitative estimate of drug-likeness (QED) is 0.210. The van der Waals surface area contributed by atoms with Crippen molar-refractivity contribution in [1.82, 2.24) is 40.2 Å². The number of Topliss-reactive ketones (excluding diaryl/α,β-unsaturated/α-hetero) is 4. The van der Waals surface area contributed by atoms with Crippen LogP contribution in [0.4, 0.5) is 0 Å². The van der Waals surface area contributed by atoms with E-state index in [0.29, 0.717) is 83.4 Å². The Labute approximate surface area is 406 Å². The third-order valence-electron chi connectivity index (χ3n) is 14.2. The number of aromatic nitrogens is 4. The van der Waals surface area contributed by atoms with Gasteiger partial charge in [-0.1, -0.05) is 88.3 Å². The monoisotopic (exact) mass is 969 g/mol. The number of ketones is 4. The third-order valence-corrected chi connectivity index (χ3v) is 14.2. The van der Waals surface area contributed by atoms with Gasteiger partial charge < -0.3 is 30.4 Å². The van der Waals surface area contributed by atoms with E-state index < -0.39 is 86.9 Å². The second-order valence-electron chi connectivity index (χ2n) is 20.5. The maximum absolute atomic E-state index is 12.3. The average molecular weight is 969 g/mol. The summed E-state index contributed by atoms with van der Waals surface area (Å²) in [6.07, 6.45) is 7.88. The van der Waals surface area contributed by atoms with Crippen molar-refractivity contribution in [3.8, 4) is 6.07 Å². The third kappa shape index (κ3) is 14.8. The summed E-state index contributed by atoms with van der Waals surface area (Å²) < 4.78 is 0. The van der Waals surface area contributed by atoms with Gasteiger partial charge >= 0.3 is 5.97 Å². The van der Waals surface area contributed by atoms with E-state index in [-0.39, 0.29) is 17.6 Å². The highest BCUT2D eigenvalue weighted by molar-refractivity contribution is 6.39. The number of aliphatic carboxylic acids is 1. The van der Waals surface area contributed by atoms with Gasteiger partial charge in [0.2, 0.25) is 29.0 Å². The molecule has 0 aliphatic carbocycles. The molecule has 4 N–H and O–H groups in total. The first kappa shape index (κ1) is 59.2. The predicted octanol–water partition coefficient (Wildman–Crippen LogP) is 3.91. The summed E-state index contributed by atoms with van der Waals surface area (Å²) in [7, 11) is 0. The lowest BCUT2D eigenvalue weighted by Crippen LogP contribution is -2.49. The Bertz CT molecular complexity index is 2020. The molecule has 384 valence electrons. The molecule has 1 aromatic rings. The minimum absolute atomic E-state index is 0.233. The Kier molecular flexibility index (Phi) is 21.5. The normalized spacial score (nSPS) is 20.3. The second kappa shape index (κ2) is 25.1. The summed E-state index contributed by atoms with van der Waals surface area (Å²) in [6.45, 7) is 23.4. The fraction of sp³-hybridized carbons (Fsp3) is 0.750. The number of nitrogens with one attached hydrogen (secondary N) is 1. The molecule has 0 saturated carbocycles. The van der Waals surface area contributed by atoms with Gasteiger partial charge in [-0.05, 0) is 77.0 Å². The molecule has 69 heavy (non-hydrogen) atoms. The molecule has 0 radical (unpaired) electrons. The van der Waals surface area contributed by atoms with E-state index in [1.54, 1.807) is 60.3 Å². The number of nitrogens with zero attached hydrogens (tertiary/aromatic N) is 8. The number of carboxylic acids is 1. The summed E-state index contributed by atoms with van der Waals surface area (Å²) >= 11 is 0. The molecular weight excluding hydrogens is 893 g/mol. The standard InChI is InChI=1S/C12H19N5O2.C12H20N2O3.C12H18N2O2.C12H19NO4/c1-4-12(2,3)9(18)11(19)17-7-5-6-8(17)10-13-15-16-14-10;1-4-12(2,3)9(15)11(17)14-7-5-6-8(14)10(13)16;1-4-12(2,3)10(15)11(16)14-7-5-6-9(14)8-13;1-4-12(2,3)9(14)10(15)13-7-5-6-8(13)11(16)17/h8H,4-7H2,1-3H3,(H,13,14,15,16);8H,4-7H2,1-3H3,(H2,13,16);9H,4-7H2,1-3H3;8H,4-7H2,1-3H3,(H,16,17). The van der Waals surface area contributed by atoms with Gasteiger partial charge in [-0.25, -0.2) is 4.79 Å². The molecule has 4 aliphatic heterocycles. The number of carboxylic acid groups (broad SMARTS) is 1. The summed E-state index contributed by atoms with van der Waals surface area (Å²) in [5.74, 6) is -4.87. The number of primary amides is 1. The van der Waals surface area contributed by atoms with Gasteiger partial charge in [0, 0.05) is 47.8 Å². The fourth-order valence-corrected chi connectivity index (χ4v) is 7.63. The van der Waals surface area contributed by atoms with Gasteiger partial charge in [-0.2, -0.15) is 10.5 Å². The van der Waals surface area contributed by atoms with Gasteiger partial charge in [-0.15, -0.1) is 10.2 Å². The number of hydrogen-bond acceptors (Lipinski definition) is 14. The van der Waals surface area contributed by atoms with Crippen LogP contribution in [0.2, 0.25) is 0 Å². The molecule has 1 aromatic heterocycles. The van der Waals surface area contributed by atoms with Crippen LogP contribution in [0.1, 0.15) is 172 Å². The Morgan fingerprint density at radius 1 is 0.580 bits per heavy atom. The van der Waals surface area contributed by atoms with Crippen LogP contribution in [0.15, 0.2) is 0 Å². The zero-order valence-electron chi connectivity index (χ0n) is 42.8. The van der Waals surface area contributed by atoms with Crippen LogP contribution in [0.3, 0.4) is 0 Å². The molecule has 21 heteroatoms.